The molecule has 0 N–H and O–H groups in total. The van der Waals surface area contributed by atoms with Crippen molar-refractivity contribution in [2.45, 2.75) is 51.0 Å². The molecule has 0 spiro atoms. The van der Waals surface area contributed by atoms with Crippen LogP contribution in [0.2, 0.25) is 0 Å². The molecule has 2 heterocycles. The zero-order chi connectivity index (χ0) is 11.9. The predicted octanol–water partition coefficient (Wildman–Crippen LogP) is 2.59. The highest BCUT2D eigenvalue weighted by molar-refractivity contribution is 4.92. The maximum Gasteiger partial charge on any atom is 0.0223 e. The predicted molar refractivity (Wildman–Crippen MR) is 74.6 cm³/mol. The van der Waals surface area contributed by atoms with Crippen molar-refractivity contribution < 1.29 is 0 Å². The standard InChI is InChI=1S/C16H28N2/c1-3-16-12-17(6-2-8-18(16)7-1)11-15-10-13-4-5-14(15)9-13/h13-16H,1-12H2. The largest absolute Gasteiger partial charge is 0.301 e. The Balaban J connectivity index is 1.36. The van der Waals surface area contributed by atoms with Gasteiger partial charge in [0.05, 0.1) is 0 Å². The Morgan fingerprint density at radius 1 is 0.889 bits per heavy atom. The number of hydrogen-bond donors (Lipinski definition) is 0. The Kier molecular flexibility index (Phi) is 3.12. The average molecular weight is 248 g/mol. The average Bonchev–Trinajstić information content (AvgIpc) is 3.05. The van der Waals surface area contributed by atoms with E-state index in [-0.39, 0.29) is 0 Å². The third-order valence-corrected chi connectivity index (χ3v) is 6.26. The minimum absolute atomic E-state index is 0.908. The summed E-state index contributed by atoms with van der Waals surface area (Å²) in [5.41, 5.74) is 0. The summed E-state index contributed by atoms with van der Waals surface area (Å²) in [6.07, 6.45) is 10.6. The lowest BCUT2D eigenvalue weighted by molar-refractivity contribution is 0.172. The fraction of sp³-hybridized carbons (Fsp3) is 1.00. The van der Waals surface area contributed by atoms with Gasteiger partial charge in [-0.1, -0.05) is 6.42 Å². The first-order valence-corrected chi connectivity index (χ1v) is 8.35. The molecule has 2 heteroatoms. The lowest BCUT2D eigenvalue weighted by Gasteiger charge is -2.31. The molecule has 4 atom stereocenters. The first kappa shape index (κ1) is 11.7. The molecule has 0 amide bonds. The SMILES string of the molecule is C1CC2CN(CC3CC4CCC3C4)CCCN2C1. The summed E-state index contributed by atoms with van der Waals surface area (Å²) in [6.45, 7) is 6.95. The van der Waals surface area contributed by atoms with Gasteiger partial charge in [-0.05, 0) is 75.9 Å². The molecule has 4 aliphatic rings. The van der Waals surface area contributed by atoms with Crippen LogP contribution in [0.4, 0.5) is 0 Å². The molecule has 0 radical (unpaired) electrons. The first-order valence-electron chi connectivity index (χ1n) is 8.35. The summed E-state index contributed by atoms with van der Waals surface area (Å²) in [7, 11) is 0. The second-order valence-electron chi connectivity index (χ2n) is 7.38. The van der Waals surface area contributed by atoms with Crippen LogP contribution in [0, 0.1) is 17.8 Å². The monoisotopic (exact) mass is 248 g/mol. The molecule has 2 aliphatic carbocycles. The van der Waals surface area contributed by atoms with Gasteiger partial charge in [0.15, 0.2) is 0 Å². The van der Waals surface area contributed by atoms with E-state index in [2.05, 4.69) is 9.80 Å². The lowest BCUT2D eigenvalue weighted by atomic mass is 9.88. The van der Waals surface area contributed by atoms with Gasteiger partial charge in [0.25, 0.3) is 0 Å². The molecule has 18 heavy (non-hydrogen) atoms. The molecular weight excluding hydrogens is 220 g/mol. The van der Waals surface area contributed by atoms with Crippen LogP contribution in [0.3, 0.4) is 0 Å². The van der Waals surface area contributed by atoms with Crippen LogP contribution in [0.15, 0.2) is 0 Å². The van der Waals surface area contributed by atoms with Crippen molar-refractivity contribution in [1.82, 2.24) is 9.80 Å². The Hall–Kier alpha value is -0.0800. The highest BCUT2D eigenvalue weighted by Gasteiger charge is 2.40. The summed E-state index contributed by atoms with van der Waals surface area (Å²) in [6, 6.07) is 0.908. The van der Waals surface area contributed by atoms with Crippen molar-refractivity contribution in [3.05, 3.63) is 0 Å². The fourth-order valence-electron chi connectivity index (χ4n) is 5.38. The lowest BCUT2D eigenvalue weighted by Crippen LogP contribution is -2.39. The maximum atomic E-state index is 2.83. The van der Waals surface area contributed by atoms with E-state index in [9.17, 15) is 0 Å². The quantitative estimate of drug-likeness (QED) is 0.741. The zero-order valence-electron chi connectivity index (χ0n) is 11.7. The van der Waals surface area contributed by atoms with E-state index in [4.69, 9.17) is 0 Å². The van der Waals surface area contributed by atoms with E-state index in [1.54, 1.807) is 25.7 Å². The molecule has 2 nitrogen and oxygen atoms in total. The van der Waals surface area contributed by atoms with Crippen LogP contribution in [0.1, 0.15) is 44.9 Å². The maximum absolute atomic E-state index is 2.83. The van der Waals surface area contributed by atoms with E-state index < -0.39 is 0 Å². The van der Waals surface area contributed by atoms with Gasteiger partial charge in [-0.2, -0.15) is 0 Å². The molecule has 4 fully saturated rings. The van der Waals surface area contributed by atoms with Gasteiger partial charge in [-0.25, -0.2) is 0 Å². The van der Waals surface area contributed by atoms with Crippen molar-refractivity contribution in [3.8, 4) is 0 Å². The highest BCUT2D eigenvalue weighted by atomic mass is 15.3. The minimum atomic E-state index is 0.908. The molecule has 2 saturated heterocycles. The van der Waals surface area contributed by atoms with Crippen LogP contribution < -0.4 is 0 Å². The molecule has 4 rings (SSSR count). The van der Waals surface area contributed by atoms with Gasteiger partial charge in [0, 0.05) is 19.1 Å². The summed E-state index contributed by atoms with van der Waals surface area (Å²) in [5.74, 6) is 3.30. The smallest absolute Gasteiger partial charge is 0.0223 e. The van der Waals surface area contributed by atoms with Gasteiger partial charge in [-0.3, -0.25) is 4.90 Å². The van der Waals surface area contributed by atoms with Crippen LogP contribution in [0.25, 0.3) is 0 Å². The normalized spacial score (nSPS) is 45.3. The molecular formula is C16H28N2. The molecule has 4 unspecified atom stereocenters. The fourth-order valence-corrected chi connectivity index (χ4v) is 5.38. The Morgan fingerprint density at radius 2 is 1.83 bits per heavy atom. The number of nitrogens with zero attached hydrogens (tertiary/aromatic N) is 2. The van der Waals surface area contributed by atoms with Crippen LogP contribution >= 0.6 is 0 Å². The first-order chi connectivity index (χ1) is 8.88. The van der Waals surface area contributed by atoms with Crippen LogP contribution in [0.5, 0.6) is 0 Å². The second-order valence-corrected chi connectivity index (χ2v) is 7.38. The van der Waals surface area contributed by atoms with E-state index in [1.807, 2.05) is 0 Å². The molecule has 2 aliphatic heterocycles. The molecule has 2 saturated carbocycles. The summed E-state index contributed by atoms with van der Waals surface area (Å²) < 4.78 is 0. The Bertz CT molecular complexity index is 303. The van der Waals surface area contributed by atoms with Crippen molar-refractivity contribution in [1.29, 1.82) is 0 Å². The van der Waals surface area contributed by atoms with Gasteiger partial charge in [0.2, 0.25) is 0 Å². The third kappa shape index (κ3) is 2.12. The topological polar surface area (TPSA) is 6.48 Å². The Labute approximate surface area is 112 Å². The van der Waals surface area contributed by atoms with Crippen LogP contribution in [-0.4, -0.2) is 48.6 Å². The number of rotatable bonds is 2. The minimum Gasteiger partial charge on any atom is -0.301 e. The van der Waals surface area contributed by atoms with Crippen LogP contribution in [-0.2, 0) is 0 Å². The van der Waals surface area contributed by atoms with Crippen molar-refractivity contribution >= 4 is 0 Å². The second kappa shape index (κ2) is 4.79. The van der Waals surface area contributed by atoms with Gasteiger partial charge in [0.1, 0.15) is 0 Å². The van der Waals surface area contributed by atoms with E-state index >= 15 is 0 Å². The van der Waals surface area contributed by atoms with Gasteiger partial charge < -0.3 is 4.90 Å². The number of hydrogen-bond acceptors (Lipinski definition) is 2. The van der Waals surface area contributed by atoms with E-state index in [0.717, 1.165) is 23.8 Å². The highest BCUT2D eigenvalue weighted by Crippen LogP contribution is 2.48. The summed E-state index contributed by atoms with van der Waals surface area (Å²) in [4.78, 5) is 5.60. The van der Waals surface area contributed by atoms with Crippen molar-refractivity contribution in [2.75, 3.05) is 32.7 Å². The summed E-state index contributed by atoms with van der Waals surface area (Å²) in [5, 5.41) is 0. The van der Waals surface area contributed by atoms with Crippen molar-refractivity contribution in [2.24, 2.45) is 17.8 Å². The van der Waals surface area contributed by atoms with Gasteiger partial charge in [-0.15, -0.1) is 0 Å². The molecule has 0 aromatic heterocycles. The van der Waals surface area contributed by atoms with E-state index in [0.29, 0.717) is 0 Å². The number of fused-ring (bicyclic) bond motifs is 3. The Morgan fingerprint density at radius 3 is 2.67 bits per heavy atom. The summed E-state index contributed by atoms with van der Waals surface area (Å²) >= 11 is 0. The molecule has 0 aromatic carbocycles. The molecule has 102 valence electrons. The zero-order valence-corrected chi connectivity index (χ0v) is 11.7. The molecule has 2 bridgehead atoms. The van der Waals surface area contributed by atoms with Gasteiger partial charge >= 0.3 is 0 Å². The van der Waals surface area contributed by atoms with E-state index in [1.165, 1.54) is 52.0 Å². The third-order valence-electron chi connectivity index (χ3n) is 6.26. The molecule has 0 aromatic rings. The van der Waals surface area contributed by atoms with Crippen molar-refractivity contribution in [3.63, 3.8) is 0 Å².